The number of para-hydroxylation sites is 1. The van der Waals surface area contributed by atoms with Gasteiger partial charge in [-0.3, -0.25) is 9.59 Å². The number of imidazole rings is 1. The first-order valence-corrected chi connectivity index (χ1v) is 9.00. The van der Waals surface area contributed by atoms with Crippen molar-refractivity contribution in [1.29, 1.82) is 0 Å². The summed E-state index contributed by atoms with van der Waals surface area (Å²) in [6.45, 7) is 3.50. The number of aromatic nitrogens is 3. The molecule has 2 N–H and O–H groups in total. The first kappa shape index (κ1) is 16.6. The fourth-order valence-electron chi connectivity index (χ4n) is 3.65. The summed E-state index contributed by atoms with van der Waals surface area (Å²) in [5.41, 5.74) is 2.94. The van der Waals surface area contributed by atoms with E-state index in [9.17, 15) is 9.59 Å². The van der Waals surface area contributed by atoms with Crippen molar-refractivity contribution in [2.24, 2.45) is 0 Å². The molecule has 7 nitrogen and oxygen atoms in total. The topological polar surface area (TPSA) is 95.0 Å². The van der Waals surface area contributed by atoms with Gasteiger partial charge in [0.25, 0.3) is 5.56 Å². The van der Waals surface area contributed by atoms with Crippen molar-refractivity contribution in [3.63, 3.8) is 0 Å². The average Bonchev–Trinajstić information content (AvgIpc) is 3.27. The standard InChI is InChI=1S/C19H22N4O3/c1-12-4-2-6-15-18(12)21-19(20-15)13-5-3-9-23(11-13)17(25)8-7-14-10-16(24)22-26-14/h2,4,6,10,13H,3,5,7-9,11H2,1H3,(H,20,21)(H,22,24)/t13-/m0/s1. The van der Waals surface area contributed by atoms with Crippen LogP contribution in [0.1, 0.15) is 42.3 Å². The van der Waals surface area contributed by atoms with Gasteiger partial charge < -0.3 is 14.4 Å². The number of aryl methyl sites for hydroxylation is 2. The van der Waals surface area contributed by atoms with Gasteiger partial charge in [0.1, 0.15) is 11.6 Å². The van der Waals surface area contributed by atoms with Crippen LogP contribution < -0.4 is 5.56 Å². The molecular weight excluding hydrogens is 332 g/mol. The molecule has 136 valence electrons. The minimum Gasteiger partial charge on any atom is -0.384 e. The summed E-state index contributed by atoms with van der Waals surface area (Å²) in [5, 5.41) is 2.25. The number of nitrogens with one attached hydrogen (secondary N) is 2. The van der Waals surface area contributed by atoms with Gasteiger partial charge in [-0.2, -0.15) is 5.16 Å². The molecule has 3 aromatic rings. The normalized spacial score (nSPS) is 17.7. The molecule has 1 aliphatic rings. The minimum atomic E-state index is -0.273. The lowest BCUT2D eigenvalue weighted by molar-refractivity contribution is -0.132. The molecule has 3 heterocycles. The van der Waals surface area contributed by atoms with E-state index in [1.54, 1.807) is 0 Å². The highest BCUT2D eigenvalue weighted by Gasteiger charge is 2.26. The maximum Gasteiger partial charge on any atom is 0.280 e. The number of hydrogen-bond acceptors (Lipinski definition) is 4. The summed E-state index contributed by atoms with van der Waals surface area (Å²) in [4.78, 5) is 33.7. The first-order chi connectivity index (χ1) is 12.6. The summed E-state index contributed by atoms with van der Waals surface area (Å²) in [6, 6.07) is 7.51. The fourth-order valence-corrected chi connectivity index (χ4v) is 3.65. The molecule has 4 rings (SSSR count). The zero-order valence-electron chi connectivity index (χ0n) is 14.7. The van der Waals surface area contributed by atoms with Crippen LogP contribution in [0.4, 0.5) is 0 Å². The molecule has 7 heteroatoms. The smallest absolute Gasteiger partial charge is 0.280 e. The Balaban J connectivity index is 1.43. The van der Waals surface area contributed by atoms with Crippen molar-refractivity contribution < 1.29 is 9.32 Å². The van der Waals surface area contributed by atoms with E-state index in [1.165, 1.54) is 6.07 Å². The number of aromatic amines is 2. The Hall–Kier alpha value is -2.83. The molecule has 0 aliphatic carbocycles. The molecule has 1 aliphatic heterocycles. The van der Waals surface area contributed by atoms with E-state index in [2.05, 4.69) is 23.1 Å². The number of H-pyrrole nitrogens is 2. The van der Waals surface area contributed by atoms with Crippen molar-refractivity contribution in [3.8, 4) is 0 Å². The van der Waals surface area contributed by atoms with Crippen molar-refractivity contribution in [3.05, 3.63) is 51.8 Å². The number of benzene rings is 1. The van der Waals surface area contributed by atoms with E-state index < -0.39 is 0 Å². The summed E-state index contributed by atoms with van der Waals surface area (Å²) < 4.78 is 5.01. The Morgan fingerprint density at radius 1 is 1.42 bits per heavy atom. The second kappa shape index (κ2) is 6.82. The zero-order valence-corrected chi connectivity index (χ0v) is 14.7. The summed E-state index contributed by atoms with van der Waals surface area (Å²) >= 11 is 0. The molecule has 2 aromatic heterocycles. The van der Waals surface area contributed by atoms with Gasteiger partial charge in [0.05, 0.1) is 11.0 Å². The lowest BCUT2D eigenvalue weighted by atomic mass is 9.97. The number of hydrogen-bond donors (Lipinski definition) is 2. The van der Waals surface area contributed by atoms with Crippen LogP contribution in [-0.4, -0.2) is 39.0 Å². The lowest BCUT2D eigenvalue weighted by Crippen LogP contribution is -2.39. The van der Waals surface area contributed by atoms with Gasteiger partial charge in [0.2, 0.25) is 5.91 Å². The van der Waals surface area contributed by atoms with Crippen molar-refractivity contribution in [2.75, 3.05) is 13.1 Å². The van der Waals surface area contributed by atoms with Gasteiger partial charge in [-0.25, -0.2) is 4.98 Å². The molecule has 1 atom stereocenters. The van der Waals surface area contributed by atoms with Crippen LogP contribution in [0.15, 0.2) is 33.6 Å². The average molecular weight is 354 g/mol. The second-order valence-corrected chi connectivity index (χ2v) is 6.95. The van der Waals surface area contributed by atoms with Crippen LogP contribution in [0.5, 0.6) is 0 Å². The van der Waals surface area contributed by atoms with E-state index in [-0.39, 0.29) is 17.4 Å². The highest BCUT2D eigenvalue weighted by atomic mass is 16.5. The molecule has 26 heavy (non-hydrogen) atoms. The third kappa shape index (κ3) is 3.29. The zero-order chi connectivity index (χ0) is 18.1. The minimum absolute atomic E-state index is 0.0887. The highest BCUT2D eigenvalue weighted by Crippen LogP contribution is 2.28. The van der Waals surface area contributed by atoms with Crippen LogP contribution in [0.25, 0.3) is 11.0 Å². The van der Waals surface area contributed by atoms with Gasteiger partial charge in [-0.1, -0.05) is 12.1 Å². The summed E-state index contributed by atoms with van der Waals surface area (Å²) in [7, 11) is 0. The van der Waals surface area contributed by atoms with Crippen LogP contribution >= 0.6 is 0 Å². The third-order valence-electron chi connectivity index (χ3n) is 5.05. The number of carbonyl (C=O) groups excluding carboxylic acids is 1. The number of piperidine rings is 1. The molecule has 1 saturated heterocycles. The van der Waals surface area contributed by atoms with Gasteiger partial charge >= 0.3 is 0 Å². The Morgan fingerprint density at radius 2 is 2.31 bits per heavy atom. The second-order valence-electron chi connectivity index (χ2n) is 6.95. The molecular formula is C19H22N4O3. The number of amides is 1. The largest absolute Gasteiger partial charge is 0.384 e. The third-order valence-corrected chi connectivity index (χ3v) is 5.05. The molecule has 0 saturated carbocycles. The fraction of sp³-hybridized carbons (Fsp3) is 0.421. The number of rotatable bonds is 4. The van der Waals surface area contributed by atoms with Crippen molar-refractivity contribution in [1.82, 2.24) is 20.0 Å². The molecule has 1 aromatic carbocycles. The van der Waals surface area contributed by atoms with Crippen LogP contribution in [-0.2, 0) is 11.2 Å². The molecule has 1 fully saturated rings. The highest BCUT2D eigenvalue weighted by molar-refractivity contribution is 5.79. The van der Waals surface area contributed by atoms with Gasteiger partial charge in [0, 0.05) is 37.9 Å². The number of nitrogens with zero attached hydrogens (tertiary/aromatic N) is 2. The summed E-state index contributed by atoms with van der Waals surface area (Å²) in [6.07, 6.45) is 2.76. The Labute approximate surface area is 150 Å². The number of likely N-dealkylation sites (tertiary alicyclic amines) is 1. The predicted molar refractivity (Wildman–Crippen MR) is 97.0 cm³/mol. The van der Waals surface area contributed by atoms with Crippen LogP contribution in [0.2, 0.25) is 0 Å². The van der Waals surface area contributed by atoms with E-state index >= 15 is 0 Å². The maximum absolute atomic E-state index is 12.5. The quantitative estimate of drug-likeness (QED) is 0.752. The van der Waals surface area contributed by atoms with E-state index in [0.717, 1.165) is 41.8 Å². The van der Waals surface area contributed by atoms with Gasteiger partial charge in [-0.15, -0.1) is 0 Å². The molecule has 0 radical (unpaired) electrons. The Bertz CT molecular complexity index is 984. The maximum atomic E-state index is 12.5. The Kier molecular flexibility index (Phi) is 4.36. The Morgan fingerprint density at radius 3 is 3.08 bits per heavy atom. The predicted octanol–water partition coefficient (Wildman–Crippen LogP) is 2.49. The van der Waals surface area contributed by atoms with Crippen LogP contribution in [0.3, 0.4) is 0 Å². The monoisotopic (exact) mass is 354 g/mol. The molecule has 0 unspecified atom stereocenters. The van der Waals surface area contributed by atoms with E-state index in [1.807, 2.05) is 17.0 Å². The van der Waals surface area contributed by atoms with E-state index in [4.69, 9.17) is 9.51 Å². The molecule has 0 bridgehead atoms. The number of carbonyl (C=O) groups is 1. The molecule has 1 amide bonds. The summed E-state index contributed by atoms with van der Waals surface area (Å²) in [5.74, 6) is 1.80. The van der Waals surface area contributed by atoms with Crippen LogP contribution in [0, 0.1) is 6.92 Å². The lowest BCUT2D eigenvalue weighted by Gasteiger charge is -2.32. The van der Waals surface area contributed by atoms with E-state index in [0.29, 0.717) is 25.1 Å². The number of fused-ring (bicyclic) bond motifs is 1. The first-order valence-electron chi connectivity index (χ1n) is 9.00. The SMILES string of the molecule is Cc1cccc2[nH]c([C@H]3CCCN(C(=O)CCc4cc(=O)[nH]o4)C3)nc12. The molecule has 0 spiro atoms. The van der Waals surface area contributed by atoms with Gasteiger partial charge in [0.15, 0.2) is 0 Å². The van der Waals surface area contributed by atoms with Gasteiger partial charge in [-0.05, 0) is 31.4 Å². The van der Waals surface area contributed by atoms with Crippen molar-refractivity contribution in [2.45, 2.75) is 38.5 Å². The van der Waals surface area contributed by atoms with Crippen molar-refractivity contribution >= 4 is 16.9 Å².